The number of ether oxygens (including phenoxy) is 1. The van der Waals surface area contributed by atoms with Crippen LogP contribution in [0.15, 0.2) is 24.5 Å². The van der Waals surface area contributed by atoms with Gasteiger partial charge >= 0.3 is 6.03 Å². The van der Waals surface area contributed by atoms with Crippen LogP contribution in [0, 0.1) is 0 Å². The van der Waals surface area contributed by atoms with Crippen molar-refractivity contribution >= 4 is 23.3 Å². The molecule has 142 valence electrons. The molecule has 0 spiro atoms. The number of hydrogen-bond acceptors (Lipinski definition) is 5. The average molecular weight is 370 g/mol. The number of nitrogens with zero attached hydrogens (tertiary/aromatic N) is 4. The summed E-state index contributed by atoms with van der Waals surface area (Å²) in [6.45, 7) is 3.82. The Balaban J connectivity index is 1.44. The molecule has 1 saturated heterocycles. The van der Waals surface area contributed by atoms with Crippen molar-refractivity contribution in [1.29, 1.82) is 0 Å². The number of H-pyrrole nitrogens is 1. The van der Waals surface area contributed by atoms with Crippen molar-refractivity contribution in [3.8, 4) is 5.75 Å². The van der Waals surface area contributed by atoms with Crippen molar-refractivity contribution in [3.63, 3.8) is 0 Å². The number of amides is 3. The van der Waals surface area contributed by atoms with Crippen LogP contribution in [0.4, 0.5) is 16.2 Å². The molecule has 2 aromatic rings. The van der Waals surface area contributed by atoms with Gasteiger partial charge in [0.15, 0.2) is 6.61 Å². The van der Waals surface area contributed by atoms with Crippen LogP contribution in [0.1, 0.15) is 31.5 Å². The summed E-state index contributed by atoms with van der Waals surface area (Å²) in [4.78, 5) is 32.3. The number of carbonyl (C=O) groups excluding carboxylic acids is 2. The van der Waals surface area contributed by atoms with Crippen molar-refractivity contribution in [2.24, 2.45) is 0 Å². The summed E-state index contributed by atoms with van der Waals surface area (Å²) in [6, 6.07) is 5.21. The van der Waals surface area contributed by atoms with Gasteiger partial charge in [-0.2, -0.15) is 5.10 Å². The maximum Gasteiger partial charge on any atom is 0.321 e. The van der Waals surface area contributed by atoms with E-state index in [0.717, 1.165) is 24.4 Å². The molecule has 2 aliphatic rings. The van der Waals surface area contributed by atoms with E-state index < -0.39 is 0 Å². The predicted octanol–water partition coefficient (Wildman–Crippen LogP) is 1.96. The largest absolute Gasteiger partial charge is 0.481 e. The Bertz CT molecular complexity index is 838. The zero-order chi connectivity index (χ0) is 18.8. The van der Waals surface area contributed by atoms with E-state index >= 15 is 0 Å². The Labute approximate surface area is 156 Å². The van der Waals surface area contributed by atoms with Crippen molar-refractivity contribution in [1.82, 2.24) is 20.1 Å². The lowest BCUT2D eigenvalue weighted by molar-refractivity contribution is -0.121. The molecule has 4 rings (SSSR count). The van der Waals surface area contributed by atoms with E-state index in [0.29, 0.717) is 31.1 Å². The van der Waals surface area contributed by atoms with Gasteiger partial charge in [-0.1, -0.05) is 0 Å². The van der Waals surface area contributed by atoms with E-state index in [9.17, 15) is 9.59 Å². The molecule has 1 aromatic heterocycles. The molecule has 9 nitrogen and oxygen atoms in total. The minimum Gasteiger partial charge on any atom is -0.481 e. The number of hydrogen-bond donors (Lipinski definition) is 2. The Kier molecular flexibility index (Phi) is 4.66. The highest BCUT2D eigenvalue weighted by atomic mass is 16.5. The quantitative estimate of drug-likeness (QED) is 0.860. The molecule has 0 bridgehead atoms. The molecule has 3 heterocycles. The highest BCUT2D eigenvalue weighted by molar-refractivity contribution is 5.98. The van der Waals surface area contributed by atoms with Crippen LogP contribution in [0.2, 0.25) is 0 Å². The molecule has 1 atom stereocenters. The molecule has 3 amide bonds. The number of likely N-dealkylation sites (N-methyl/N-ethyl adjacent to an activating group) is 1. The Morgan fingerprint density at radius 2 is 2.33 bits per heavy atom. The second-order valence-corrected chi connectivity index (χ2v) is 6.70. The summed E-state index contributed by atoms with van der Waals surface area (Å²) in [5.74, 6) is 1.53. The first kappa shape index (κ1) is 17.3. The van der Waals surface area contributed by atoms with Crippen LogP contribution >= 0.6 is 0 Å². The van der Waals surface area contributed by atoms with Gasteiger partial charge in [-0.25, -0.2) is 9.78 Å². The summed E-state index contributed by atoms with van der Waals surface area (Å²) < 4.78 is 5.53. The number of fused-ring (bicyclic) bond motifs is 1. The maximum absolute atomic E-state index is 12.7. The van der Waals surface area contributed by atoms with Crippen LogP contribution in [-0.4, -0.2) is 58.3 Å². The first-order valence-corrected chi connectivity index (χ1v) is 9.14. The molecule has 0 radical (unpaired) electrons. The second kappa shape index (κ2) is 7.26. The molecular formula is C18H22N6O3. The average Bonchev–Trinajstić information content (AvgIpc) is 3.23. The summed E-state index contributed by atoms with van der Waals surface area (Å²) >= 11 is 0. The normalized spacial score (nSPS) is 19.4. The fraction of sp³-hybridized carbons (Fsp3) is 0.444. The second-order valence-electron chi connectivity index (χ2n) is 6.70. The first-order valence-electron chi connectivity index (χ1n) is 9.14. The van der Waals surface area contributed by atoms with E-state index in [2.05, 4.69) is 20.5 Å². The number of aromatic amines is 1. The van der Waals surface area contributed by atoms with Gasteiger partial charge in [-0.15, -0.1) is 0 Å². The smallest absolute Gasteiger partial charge is 0.321 e. The SMILES string of the molecule is CCN1C(=O)COc2cc(NC(=O)N3CCC[C@@H](c4ncn[nH]4)C3)ccc21. The fourth-order valence-corrected chi connectivity index (χ4v) is 3.63. The highest BCUT2D eigenvalue weighted by Gasteiger charge is 2.27. The van der Waals surface area contributed by atoms with Crippen LogP contribution in [0.25, 0.3) is 0 Å². The third-order valence-corrected chi connectivity index (χ3v) is 5.00. The number of aromatic nitrogens is 3. The third-order valence-electron chi connectivity index (χ3n) is 5.00. The molecule has 27 heavy (non-hydrogen) atoms. The van der Waals surface area contributed by atoms with Crippen molar-refractivity contribution < 1.29 is 14.3 Å². The number of anilines is 2. The molecule has 9 heteroatoms. The molecule has 1 aromatic carbocycles. The van der Waals surface area contributed by atoms with Gasteiger partial charge in [0.2, 0.25) is 0 Å². The lowest BCUT2D eigenvalue weighted by Crippen LogP contribution is -2.42. The van der Waals surface area contributed by atoms with Gasteiger partial charge in [0.05, 0.1) is 5.69 Å². The van der Waals surface area contributed by atoms with E-state index in [1.54, 1.807) is 28.0 Å². The lowest BCUT2D eigenvalue weighted by Gasteiger charge is -2.32. The van der Waals surface area contributed by atoms with Crippen LogP contribution in [-0.2, 0) is 4.79 Å². The zero-order valence-electron chi connectivity index (χ0n) is 15.1. The number of urea groups is 1. The van der Waals surface area contributed by atoms with Crippen molar-refractivity contribution in [3.05, 3.63) is 30.4 Å². The Morgan fingerprint density at radius 3 is 3.11 bits per heavy atom. The molecule has 0 saturated carbocycles. The number of rotatable bonds is 3. The number of nitrogens with one attached hydrogen (secondary N) is 2. The van der Waals surface area contributed by atoms with Gasteiger partial charge < -0.3 is 19.9 Å². The number of likely N-dealkylation sites (tertiary alicyclic amines) is 1. The molecule has 1 fully saturated rings. The van der Waals surface area contributed by atoms with E-state index in [1.807, 2.05) is 6.92 Å². The first-order chi connectivity index (χ1) is 13.2. The zero-order valence-corrected chi connectivity index (χ0v) is 15.1. The van der Waals surface area contributed by atoms with E-state index in [-0.39, 0.29) is 24.5 Å². The summed E-state index contributed by atoms with van der Waals surface area (Å²) in [6.07, 6.45) is 3.39. The Morgan fingerprint density at radius 1 is 1.44 bits per heavy atom. The lowest BCUT2D eigenvalue weighted by atomic mass is 9.98. The topological polar surface area (TPSA) is 103 Å². The van der Waals surface area contributed by atoms with E-state index in [1.165, 1.54) is 6.33 Å². The summed E-state index contributed by atoms with van der Waals surface area (Å²) in [5, 5.41) is 9.72. The standard InChI is InChI=1S/C18H22N6O3/c1-2-24-14-6-5-13(8-15(14)27-10-16(24)25)21-18(26)23-7-3-4-12(9-23)17-19-11-20-22-17/h5-6,8,11-12H,2-4,7,9-10H2,1H3,(H,21,26)(H,19,20,22)/t12-/m1/s1. The molecule has 2 aliphatic heterocycles. The summed E-state index contributed by atoms with van der Waals surface area (Å²) in [7, 11) is 0. The third kappa shape index (κ3) is 3.44. The van der Waals surface area contributed by atoms with Crippen molar-refractivity contribution in [2.45, 2.75) is 25.7 Å². The number of piperidine rings is 1. The highest BCUT2D eigenvalue weighted by Crippen LogP contribution is 2.34. The molecule has 2 N–H and O–H groups in total. The van der Waals surface area contributed by atoms with Crippen LogP contribution in [0.5, 0.6) is 5.75 Å². The van der Waals surface area contributed by atoms with Gasteiger partial charge in [-0.3, -0.25) is 9.89 Å². The minimum absolute atomic E-state index is 0.0171. The Hall–Kier alpha value is -3.10. The molecule has 0 unspecified atom stereocenters. The summed E-state index contributed by atoms with van der Waals surface area (Å²) in [5.41, 5.74) is 1.38. The minimum atomic E-state index is -0.154. The monoisotopic (exact) mass is 370 g/mol. The maximum atomic E-state index is 12.7. The van der Waals surface area contributed by atoms with Gasteiger partial charge in [-0.05, 0) is 31.9 Å². The number of benzene rings is 1. The van der Waals surface area contributed by atoms with Crippen LogP contribution in [0.3, 0.4) is 0 Å². The van der Waals surface area contributed by atoms with Gasteiger partial charge in [0.25, 0.3) is 5.91 Å². The van der Waals surface area contributed by atoms with Crippen LogP contribution < -0.4 is 15.0 Å². The fourth-order valence-electron chi connectivity index (χ4n) is 3.63. The molecular weight excluding hydrogens is 348 g/mol. The predicted molar refractivity (Wildman–Crippen MR) is 98.9 cm³/mol. The molecule has 0 aliphatic carbocycles. The van der Waals surface area contributed by atoms with Gasteiger partial charge in [0, 0.05) is 37.3 Å². The van der Waals surface area contributed by atoms with E-state index in [4.69, 9.17) is 4.74 Å². The number of carbonyl (C=O) groups is 2. The van der Waals surface area contributed by atoms with Gasteiger partial charge in [0.1, 0.15) is 17.9 Å². The van der Waals surface area contributed by atoms with Crippen molar-refractivity contribution in [2.75, 3.05) is 36.5 Å².